The van der Waals surface area contributed by atoms with Crippen molar-refractivity contribution in [1.29, 1.82) is 0 Å². The van der Waals surface area contributed by atoms with Crippen molar-refractivity contribution in [3.8, 4) is 0 Å². The fourth-order valence-electron chi connectivity index (χ4n) is 1.41. The van der Waals surface area contributed by atoms with E-state index in [1.54, 1.807) is 11.9 Å². The Kier molecular flexibility index (Phi) is 4.98. The van der Waals surface area contributed by atoms with Gasteiger partial charge in [-0.15, -0.1) is 0 Å². The van der Waals surface area contributed by atoms with Gasteiger partial charge in [0.2, 0.25) is 0 Å². The molecule has 0 spiro atoms. The summed E-state index contributed by atoms with van der Waals surface area (Å²) >= 11 is 12.2. The highest BCUT2D eigenvalue weighted by Gasteiger charge is 2.28. The van der Waals surface area contributed by atoms with Crippen molar-refractivity contribution in [2.45, 2.75) is 25.4 Å². The van der Waals surface area contributed by atoms with Crippen LogP contribution >= 0.6 is 23.2 Å². The van der Waals surface area contributed by atoms with E-state index in [4.69, 9.17) is 23.2 Å². The van der Waals surface area contributed by atoms with Gasteiger partial charge in [-0.05, 0) is 32.5 Å². The molecule has 0 aromatic carbocycles. The smallest absolute Gasteiger partial charge is 0.200 e. The Bertz CT molecular complexity index is 366. The minimum absolute atomic E-state index is 0.239. The molecule has 6 heteroatoms. The molecule has 96 valence electrons. The summed E-state index contributed by atoms with van der Waals surface area (Å²) in [5, 5.41) is 0.239. The predicted octanol–water partition coefficient (Wildman–Crippen LogP) is 1.88. The number of nitrogens with zero attached hydrogens (tertiary/aromatic N) is 3. The molecule has 1 unspecified atom stereocenters. The summed E-state index contributed by atoms with van der Waals surface area (Å²) < 4.78 is 0. The number of aldehydes is 1. The van der Waals surface area contributed by atoms with Crippen LogP contribution in [0.4, 0.5) is 0 Å². The van der Waals surface area contributed by atoms with Crippen LogP contribution in [0.3, 0.4) is 0 Å². The molecular formula is C11H17Cl2N3O. The maximum absolute atomic E-state index is 11.0. The summed E-state index contributed by atoms with van der Waals surface area (Å²) in [6.45, 7) is 4.75. The van der Waals surface area contributed by atoms with Gasteiger partial charge < -0.3 is 4.90 Å². The standard InChI is InChI=1S/C11H17Cl2N3O/c1-7(2)15(3)5-8-9(6-17)14-11(13)16(4)10(8)12/h6-7,10H,5H2,1-4H3. The zero-order chi connectivity index (χ0) is 13.2. The van der Waals surface area contributed by atoms with E-state index >= 15 is 0 Å². The van der Waals surface area contributed by atoms with Gasteiger partial charge >= 0.3 is 0 Å². The fraction of sp³-hybridized carbons (Fsp3) is 0.636. The Morgan fingerprint density at radius 2 is 2.18 bits per heavy atom. The quantitative estimate of drug-likeness (QED) is 0.447. The van der Waals surface area contributed by atoms with E-state index < -0.39 is 5.50 Å². The second-order valence-corrected chi connectivity index (χ2v) is 5.12. The molecule has 0 aromatic rings. The van der Waals surface area contributed by atoms with Crippen molar-refractivity contribution in [2.24, 2.45) is 4.99 Å². The van der Waals surface area contributed by atoms with Gasteiger partial charge in [0.15, 0.2) is 11.6 Å². The zero-order valence-electron chi connectivity index (χ0n) is 10.4. The van der Waals surface area contributed by atoms with Crippen molar-refractivity contribution in [3.63, 3.8) is 0 Å². The third kappa shape index (κ3) is 3.21. The zero-order valence-corrected chi connectivity index (χ0v) is 12.0. The molecule has 1 atom stereocenters. The first-order chi connectivity index (χ1) is 7.88. The number of halogens is 2. The summed E-state index contributed by atoms with van der Waals surface area (Å²) in [6.07, 6.45) is 0.703. The van der Waals surface area contributed by atoms with Gasteiger partial charge in [-0.25, -0.2) is 4.99 Å². The molecule has 0 saturated heterocycles. The largest absolute Gasteiger partial charge is 0.330 e. The number of rotatable bonds is 4. The summed E-state index contributed by atoms with van der Waals surface area (Å²) in [7, 11) is 3.73. The molecule has 17 heavy (non-hydrogen) atoms. The van der Waals surface area contributed by atoms with Crippen molar-refractivity contribution < 1.29 is 4.79 Å². The first kappa shape index (κ1) is 14.5. The van der Waals surface area contributed by atoms with Gasteiger partial charge in [0.05, 0.1) is 0 Å². The molecule has 4 nitrogen and oxygen atoms in total. The first-order valence-corrected chi connectivity index (χ1v) is 6.19. The van der Waals surface area contributed by atoms with Gasteiger partial charge in [0.1, 0.15) is 11.2 Å². The lowest BCUT2D eigenvalue weighted by atomic mass is 10.1. The summed E-state index contributed by atoms with van der Waals surface area (Å²) in [6, 6.07) is 0.367. The molecule has 1 aliphatic rings. The fourth-order valence-corrected chi connectivity index (χ4v) is 1.92. The van der Waals surface area contributed by atoms with E-state index in [0.29, 0.717) is 24.6 Å². The van der Waals surface area contributed by atoms with Crippen LogP contribution in [0.2, 0.25) is 0 Å². The first-order valence-electron chi connectivity index (χ1n) is 5.38. The molecule has 0 bridgehead atoms. The van der Waals surface area contributed by atoms with Crippen molar-refractivity contribution in [1.82, 2.24) is 9.80 Å². The van der Waals surface area contributed by atoms with Gasteiger partial charge in [-0.2, -0.15) is 0 Å². The molecule has 0 aromatic heterocycles. The predicted molar refractivity (Wildman–Crippen MR) is 71.5 cm³/mol. The molecule has 0 aliphatic carbocycles. The van der Waals surface area contributed by atoms with Crippen molar-refractivity contribution >= 4 is 34.8 Å². The SMILES string of the molecule is CC(C)N(C)CC1=C(C=O)N=C(Cl)N(C)C1Cl. The number of likely N-dealkylation sites (N-methyl/N-ethyl adjacent to an activating group) is 2. The van der Waals surface area contributed by atoms with E-state index in [1.165, 1.54) is 0 Å². The number of amidine groups is 1. The van der Waals surface area contributed by atoms with Crippen LogP contribution in [0.1, 0.15) is 13.8 Å². The van der Waals surface area contributed by atoms with Crippen LogP contribution in [-0.4, -0.2) is 53.6 Å². The summed E-state index contributed by atoms with van der Waals surface area (Å²) in [5.41, 5.74) is 0.687. The normalized spacial score (nSPS) is 21.3. The van der Waals surface area contributed by atoms with Crippen LogP contribution in [0.15, 0.2) is 16.3 Å². The number of carbonyl (C=O) groups excluding carboxylic acids is 1. The molecule has 0 N–H and O–H groups in total. The van der Waals surface area contributed by atoms with Crippen LogP contribution in [0.25, 0.3) is 0 Å². The second kappa shape index (κ2) is 5.85. The van der Waals surface area contributed by atoms with E-state index in [2.05, 4.69) is 23.7 Å². The minimum Gasteiger partial charge on any atom is -0.330 e. The molecule has 0 amide bonds. The number of carbonyl (C=O) groups is 1. The topological polar surface area (TPSA) is 35.9 Å². The molecule has 1 aliphatic heterocycles. The molecule has 1 rings (SSSR count). The number of hydrogen-bond acceptors (Lipinski definition) is 4. The average molecular weight is 278 g/mol. The Labute approximate surface area is 112 Å². The maximum atomic E-state index is 11.0. The highest BCUT2D eigenvalue weighted by molar-refractivity contribution is 6.65. The Morgan fingerprint density at radius 1 is 1.59 bits per heavy atom. The van der Waals surface area contributed by atoms with Crippen LogP contribution in [0, 0.1) is 0 Å². The van der Waals surface area contributed by atoms with E-state index in [0.717, 1.165) is 5.57 Å². The van der Waals surface area contributed by atoms with Crippen molar-refractivity contribution in [2.75, 3.05) is 20.6 Å². The number of alkyl halides is 1. The molecular weight excluding hydrogens is 261 g/mol. The lowest BCUT2D eigenvalue weighted by molar-refractivity contribution is -0.105. The van der Waals surface area contributed by atoms with Crippen LogP contribution < -0.4 is 0 Å². The molecule has 0 radical (unpaired) electrons. The third-order valence-electron chi connectivity index (χ3n) is 2.87. The van der Waals surface area contributed by atoms with Gasteiger partial charge in [-0.1, -0.05) is 11.6 Å². The highest BCUT2D eigenvalue weighted by atomic mass is 35.5. The molecule has 0 saturated carbocycles. The van der Waals surface area contributed by atoms with Gasteiger partial charge in [0, 0.05) is 25.2 Å². The minimum atomic E-state index is -0.429. The van der Waals surface area contributed by atoms with Crippen LogP contribution in [0.5, 0.6) is 0 Å². The monoisotopic (exact) mass is 277 g/mol. The lowest BCUT2D eigenvalue weighted by Crippen LogP contribution is -2.40. The van der Waals surface area contributed by atoms with Gasteiger partial charge in [-0.3, -0.25) is 9.69 Å². The lowest BCUT2D eigenvalue weighted by Gasteiger charge is -2.32. The summed E-state index contributed by atoms with van der Waals surface area (Å²) in [5.74, 6) is 0. The number of hydrogen-bond donors (Lipinski definition) is 0. The van der Waals surface area contributed by atoms with Crippen LogP contribution in [-0.2, 0) is 4.79 Å². The molecule has 1 heterocycles. The Balaban J connectivity index is 3.02. The Hall–Kier alpha value is -0.580. The second-order valence-electron chi connectivity index (χ2n) is 4.36. The number of aliphatic imine (C=N–C) groups is 1. The molecule has 0 fully saturated rings. The highest BCUT2D eigenvalue weighted by Crippen LogP contribution is 2.25. The maximum Gasteiger partial charge on any atom is 0.200 e. The Morgan fingerprint density at radius 3 is 2.65 bits per heavy atom. The van der Waals surface area contributed by atoms with E-state index in [-0.39, 0.29) is 5.29 Å². The average Bonchev–Trinajstić information content (AvgIpc) is 2.29. The number of allylic oxidation sites excluding steroid dienone is 1. The van der Waals surface area contributed by atoms with Crippen molar-refractivity contribution in [3.05, 3.63) is 11.3 Å². The third-order valence-corrected chi connectivity index (χ3v) is 3.78. The van der Waals surface area contributed by atoms with E-state index in [9.17, 15) is 4.79 Å². The summed E-state index contributed by atoms with van der Waals surface area (Å²) in [4.78, 5) is 18.8. The van der Waals surface area contributed by atoms with E-state index in [1.807, 2.05) is 7.05 Å². The van der Waals surface area contributed by atoms with Gasteiger partial charge in [0.25, 0.3) is 0 Å².